The minimum absolute atomic E-state index is 0.0319. The largest absolute Gasteiger partial charge is 0.321 e. The highest BCUT2D eigenvalue weighted by Crippen LogP contribution is 2.19. The molecule has 3 heteroatoms. The Balaban J connectivity index is 2.55. The standard InChI is InChI=1S/C14H18N2O/c1-4-10(2)9-16-13-8-6-5-7-12(13)15-14(16)11(3)17/h5-8,10H,4,9H2,1-3H3. The summed E-state index contributed by atoms with van der Waals surface area (Å²) in [5.41, 5.74) is 1.96. The highest BCUT2D eigenvalue weighted by atomic mass is 16.1. The van der Waals surface area contributed by atoms with E-state index in [1.54, 1.807) is 6.92 Å². The summed E-state index contributed by atoms with van der Waals surface area (Å²) in [4.78, 5) is 16.0. The molecule has 0 aliphatic carbocycles. The zero-order chi connectivity index (χ0) is 12.4. The number of nitrogens with zero attached hydrogens (tertiary/aromatic N) is 2. The van der Waals surface area contributed by atoms with Gasteiger partial charge in [0.05, 0.1) is 11.0 Å². The van der Waals surface area contributed by atoms with E-state index in [-0.39, 0.29) is 5.78 Å². The molecule has 0 aliphatic rings. The lowest BCUT2D eigenvalue weighted by molar-refractivity contribution is 0.0999. The van der Waals surface area contributed by atoms with E-state index in [0.29, 0.717) is 11.7 Å². The summed E-state index contributed by atoms with van der Waals surface area (Å²) in [6.07, 6.45) is 1.10. The van der Waals surface area contributed by atoms with Crippen LogP contribution in [0.5, 0.6) is 0 Å². The van der Waals surface area contributed by atoms with Crippen molar-refractivity contribution in [1.82, 2.24) is 9.55 Å². The zero-order valence-electron chi connectivity index (χ0n) is 10.6. The Morgan fingerprint density at radius 1 is 1.41 bits per heavy atom. The summed E-state index contributed by atoms with van der Waals surface area (Å²) in [7, 11) is 0. The van der Waals surface area contributed by atoms with Gasteiger partial charge in [0.1, 0.15) is 0 Å². The molecule has 1 unspecified atom stereocenters. The van der Waals surface area contributed by atoms with Crippen molar-refractivity contribution in [2.45, 2.75) is 33.7 Å². The van der Waals surface area contributed by atoms with Crippen LogP contribution in [0.25, 0.3) is 11.0 Å². The van der Waals surface area contributed by atoms with Gasteiger partial charge >= 0.3 is 0 Å². The normalized spacial score (nSPS) is 12.9. The molecule has 0 fully saturated rings. The van der Waals surface area contributed by atoms with E-state index in [2.05, 4.69) is 18.8 Å². The van der Waals surface area contributed by atoms with Gasteiger partial charge in [-0.05, 0) is 18.1 Å². The summed E-state index contributed by atoms with van der Waals surface area (Å²) in [5, 5.41) is 0. The van der Waals surface area contributed by atoms with Crippen LogP contribution in [0.2, 0.25) is 0 Å². The van der Waals surface area contributed by atoms with Crippen molar-refractivity contribution in [3.63, 3.8) is 0 Å². The van der Waals surface area contributed by atoms with Crippen LogP contribution in [0, 0.1) is 5.92 Å². The number of fused-ring (bicyclic) bond motifs is 1. The number of imidazole rings is 1. The first-order chi connectivity index (χ1) is 8.13. The molecule has 1 atom stereocenters. The SMILES string of the molecule is CCC(C)Cn1c(C(C)=O)nc2ccccc21. The first kappa shape index (κ1) is 11.8. The molecular weight excluding hydrogens is 212 g/mol. The maximum atomic E-state index is 11.6. The Labute approximate surface area is 101 Å². The van der Waals surface area contributed by atoms with Gasteiger partial charge in [-0.25, -0.2) is 4.98 Å². The van der Waals surface area contributed by atoms with Crippen molar-refractivity contribution >= 4 is 16.8 Å². The van der Waals surface area contributed by atoms with Gasteiger partial charge in [-0.1, -0.05) is 32.4 Å². The molecule has 0 N–H and O–H groups in total. The number of hydrogen-bond acceptors (Lipinski definition) is 2. The van der Waals surface area contributed by atoms with E-state index in [0.717, 1.165) is 24.0 Å². The molecule has 0 saturated heterocycles. The van der Waals surface area contributed by atoms with Crippen molar-refractivity contribution in [1.29, 1.82) is 0 Å². The molecule has 0 radical (unpaired) electrons. The summed E-state index contributed by atoms with van der Waals surface area (Å²) in [5.74, 6) is 1.15. The molecule has 1 heterocycles. The summed E-state index contributed by atoms with van der Waals surface area (Å²) in [6, 6.07) is 7.92. The van der Waals surface area contributed by atoms with Gasteiger partial charge < -0.3 is 4.57 Å². The fraction of sp³-hybridized carbons (Fsp3) is 0.429. The molecule has 17 heavy (non-hydrogen) atoms. The Bertz CT molecular complexity index is 542. The van der Waals surface area contributed by atoms with Gasteiger partial charge in [-0.2, -0.15) is 0 Å². The molecule has 2 rings (SSSR count). The highest BCUT2D eigenvalue weighted by Gasteiger charge is 2.15. The predicted octanol–water partition coefficient (Wildman–Crippen LogP) is 3.29. The number of rotatable bonds is 4. The van der Waals surface area contributed by atoms with Gasteiger partial charge in [0.15, 0.2) is 11.6 Å². The van der Waals surface area contributed by atoms with Gasteiger partial charge in [-0.3, -0.25) is 4.79 Å². The minimum atomic E-state index is 0.0319. The number of Topliss-reactive ketones (excluding diaryl/α,β-unsaturated/α-hetero) is 1. The lowest BCUT2D eigenvalue weighted by atomic mass is 10.1. The van der Waals surface area contributed by atoms with Crippen LogP contribution in [0.4, 0.5) is 0 Å². The van der Waals surface area contributed by atoms with Crippen molar-refractivity contribution in [3.05, 3.63) is 30.1 Å². The van der Waals surface area contributed by atoms with Crippen LogP contribution in [-0.2, 0) is 6.54 Å². The number of carbonyl (C=O) groups excluding carboxylic acids is 1. The van der Waals surface area contributed by atoms with Crippen molar-refractivity contribution in [2.24, 2.45) is 5.92 Å². The molecule has 0 bridgehead atoms. The average molecular weight is 230 g/mol. The van der Waals surface area contributed by atoms with Crippen LogP contribution >= 0.6 is 0 Å². The molecule has 0 saturated carbocycles. The van der Waals surface area contributed by atoms with E-state index >= 15 is 0 Å². The number of para-hydroxylation sites is 2. The molecule has 0 amide bonds. The fourth-order valence-electron chi connectivity index (χ4n) is 1.97. The Morgan fingerprint density at radius 2 is 2.12 bits per heavy atom. The zero-order valence-corrected chi connectivity index (χ0v) is 10.6. The van der Waals surface area contributed by atoms with E-state index < -0.39 is 0 Å². The summed E-state index contributed by atoms with van der Waals surface area (Å²) < 4.78 is 2.05. The van der Waals surface area contributed by atoms with Crippen LogP contribution < -0.4 is 0 Å². The minimum Gasteiger partial charge on any atom is -0.321 e. The number of carbonyl (C=O) groups is 1. The molecule has 3 nitrogen and oxygen atoms in total. The topological polar surface area (TPSA) is 34.9 Å². The second kappa shape index (κ2) is 4.70. The quantitative estimate of drug-likeness (QED) is 0.755. The van der Waals surface area contributed by atoms with Crippen LogP contribution in [-0.4, -0.2) is 15.3 Å². The van der Waals surface area contributed by atoms with Gasteiger partial charge in [-0.15, -0.1) is 0 Å². The second-order valence-corrected chi connectivity index (χ2v) is 4.60. The maximum absolute atomic E-state index is 11.6. The average Bonchev–Trinajstić information content (AvgIpc) is 2.68. The smallest absolute Gasteiger partial charge is 0.195 e. The summed E-state index contributed by atoms with van der Waals surface area (Å²) >= 11 is 0. The molecule has 2 aromatic rings. The lowest BCUT2D eigenvalue weighted by Gasteiger charge is -2.12. The third-order valence-corrected chi connectivity index (χ3v) is 3.16. The van der Waals surface area contributed by atoms with E-state index in [1.807, 2.05) is 28.8 Å². The van der Waals surface area contributed by atoms with Crippen LogP contribution in [0.1, 0.15) is 37.8 Å². The summed E-state index contributed by atoms with van der Waals surface area (Å²) in [6.45, 7) is 6.79. The third-order valence-electron chi connectivity index (χ3n) is 3.16. The van der Waals surface area contributed by atoms with E-state index in [9.17, 15) is 4.79 Å². The van der Waals surface area contributed by atoms with Crippen molar-refractivity contribution in [2.75, 3.05) is 0 Å². The number of ketones is 1. The van der Waals surface area contributed by atoms with E-state index in [1.165, 1.54) is 0 Å². The highest BCUT2D eigenvalue weighted by molar-refractivity contribution is 5.94. The van der Waals surface area contributed by atoms with Gasteiger partial charge in [0.25, 0.3) is 0 Å². The Kier molecular flexibility index (Phi) is 3.27. The number of benzene rings is 1. The molecule has 1 aromatic carbocycles. The first-order valence-electron chi connectivity index (χ1n) is 6.09. The third kappa shape index (κ3) is 2.23. The molecule has 0 spiro atoms. The molecule has 0 aliphatic heterocycles. The van der Waals surface area contributed by atoms with Gasteiger partial charge in [0.2, 0.25) is 0 Å². The predicted molar refractivity (Wildman–Crippen MR) is 69.2 cm³/mol. The fourth-order valence-corrected chi connectivity index (χ4v) is 1.97. The van der Waals surface area contributed by atoms with Crippen molar-refractivity contribution < 1.29 is 4.79 Å². The Hall–Kier alpha value is -1.64. The lowest BCUT2D eigenvalue weighted by Crippen LogP contribution is -2.12. The van der Waals surface area contributed by atoms with Gasteiger partial charge in [0, 0.05) is 13.5 Å². The molecular formula is C14H18N2O. The number of aromatic nitrogens is 2. The van der Waals surface area contributed by atoms with E-state index in [4.69, 9.17) is 0 Å². The van der Waals surface area contributed by atoms with Crippen LogP contribution in [0.15, 0.2) is 24.3 Å². The number of hydrogen-bond donors (Lipinski definition) is 0. The first-order valence-corrected chi connectivity index (χ1v) is 6.09. The maximum Gasteiger partial charge on any atom is 0.195 e. The van der Waals surface area contributed by atoms with Crippen LogP contribution in [0.3, 0.4) is 0 Å². The molecule has 1 aromatic heterocycles. The Morgan fingerprint density at radius 3 is 2.76 bits per heavy atom. The second-order valence-electron chi connectivity index (χ2n) is 4.60. The van der Waals surface area contributed by atoms with Crippen molar-refractivity contribution in [3.8, 4) is 0 Å². The molecule has 90 valence electrons. The monoisotopic (exact) mass is 230 g/mol.